The van der Waals surface area contributed by atoms with Gasteiger partial charge in [-0.15, -0.1) is 0 Å². The van der Waals surface area contributed by atoms with Gasteiger partial charge in [0.1, 0.15) is 11.2 Å². The van der Waals surface area contributed by atoms with Gasteiger partial charge in [-0.1, -0.05) is 189 Å². The highest BCUT2D eigenvalue weighted by atomic mass is 28.3. The number of fused-ring (bicyclic) bond motifs is 7. The van der Waals surface area contributed by atoms with E-state index in [0.717, 1.165) is 44.0 Å². The quantitative estimate of drug-likeness (QED) is 0.150. The first-order valence-corrected chi connectivity index (χ1v) is 28.6. The van der Waals surface area contributed by atoms with E-state index in [0.29, 0.717) is 17.5 Å². The molecule has 8 aromatic carbocycles. The molecule has 2 aromatic heterocycles. The van der Waals surface area contributed by atoms with Crippen molar-refractivity contribution in [2.75, 3.05) is 0 Å². The standard InChI is InChI=1S/C56H47N3OSi2/c1-61(2,3)43-26-22-41(23-27-43)56(42-24-28-44(29-25-42)62(4,5)6)49-19-13-12-18-45(49)46-30-20-40(34-50(46)56)55-58-53(36-14-8-7-9-15-36)57-54(59-55)39-21-31-51-47(33-39)48-32-37-16-10-11-17-38(37)35-52(48)60-51/h7-35H,1-6H3. The van der Waals surface area contributed by atoms with Crippen LogP contribution < -0.4 is 10.4 Å². The Morgan fingerprint density at radius 1 is 0.387 bits per heavy atom. The van der Waals surface area contributed by atoms with Crippen molar-refractivity contribution in [3.63, 3.8) is 0 Å². The Hall–Kier alpha value is -6.74. The van der Waals surface area contributed by atoms with Gasteiger partial charge in [-0.2, -0.15) is 0 Å². The molecule has 0 aliphatic heterocycles. The van der Waals surface area contributed by atoms with E-state index in [1.54, 1.807) is 0 Å². The largest absolute Gasteiger partial charge is 0.456 e. The summed E-state index contributed by atoms with van der Waals surface area (Å²) in [7, 11) is -3.10. The number of hydrogen-bond donors (Lipinski definition) is 0. The molecule has 6 heteroatoms. The van der Waals surface area contributed by atoms with Crippen LogP contribution >= 0.6 is 0 Å². The van der Waals surface area contributed by atoms with E-state index in [1.165, 1.54) is 49.1 Å². The number of benzene rings is 8. The highest BCUT2D eigenvalue weighted by Gasteiger charge is 2.46. The maximum atomic E-state index is 6.40. The minimum Gasteiger partial charge on any atom is -0.456 e. The number of hydrogen-bond acceptors (Lipinski definition) is 4. The van der Waals surface area contributed by atoms with E-state index < -0.39 is 21.6 Å². The second-order valence-electron chi connectivity index (χ2n) is 18.9. The molecule has 0 fully saturated rings. The Morgan fingerprint density at radius 2 is 0.887 bits per heavy atom. The predicted octanol–water partition coefficient (Wildman–Crippen LogP) is 13.4. The first-order chi connectivity index (χ1) is 29.9. The maximum absolute atomic E-state index is 6.40. The zero-order valence-corrected chi connectivity index (χ0v) is 38.0. The molecule has 1 aliphatic carbocycles. The minimum absolute atomic E-state index is 0.562. The summed E-state index contributed by atoms with van der Waals surface area (Å²) in [5.41, 5.74) is 11.5. The van der Waals surface area contributed by atoms with Crippen molar-refractivity contribution in [2.45, 2.75) is 44.7 Å². The Labute approximate surface area is 365 Å². The van der Waals surface area contributed by atoms with Crippen LogP contribution in [0.3, 0.4) is 0 Å². The van der Waals surface area contributed by atoms with Gasteiger partial charge in [-0.25, -0.2) is 15.0 Å². The predicted molar refractivity (Wildman–Crippen MR) is 264 cm³/mol. The van der Waals surface area contributed by atoms with Gasteiger partial charge in [0.15, 0.2) is 17.5 Å². The van der Waals surface area contributed by atoms with Crippen LogP contribution in [0.25, 0.3) is 78.0 Å². The summed E-state index contributed by atoms with van der Waals surface area (Å²) in [5, 5.41) is 7.34. The SMILES string of the molecule is C[Si](C)(C)c1ccc(C2(c3ccc([Si](C)(C)C)cc3)c3ccccc3-c3ccc(-c4nc(-c5ccccc5)nc(-c5ccc6oc7cc8ccccc8cc7c6c5)n4)cc32)cc1. The van der Waals surface area contributed by atoms with Crippen LogP contribution in [0.5, 0.6) is 0 Å². The third-order valence-electron chi connectivity index (χ3n) is 12.9. The van der Waals surface area contributed by atoms with Gasteiger partial charge in [0.2, 0.25) is 0 Å². The van der Waals surface area contributed by atoms with E-state index in [4.69, 9.17) is 19.4 Å². The zero-order valence-electron chi connectivity index (χ0n) is 36.0. The Morgan fingerprint density at radius 3 is 1.52 bits per heavy atom. The first kappa shape index (κ1) is 38.2. The van der Waals surface area contributed by atoms with Gasteiger partial charge < -0.3 is 4.42 Å². The number of nitrogens with zero attached hydrogens (tertiary/aromatic N) is 3. The minimum atomic E-state index is -1.55. The topological polar surface area (TPSA) is 51.8 Å². The molecule has 62 heavy (non-hydrogen) atoms. The lowest BCUT2D eigenvalue weighted by Crippen LogP contribution is -2.39. The average Bonchev–Trinajstić information content (AvgIpc) is 3.80. The molecule has 1 aliphatic rings. The lowest BCUT2D eigenvalue weighted by Gasteiger charge is -2.35. The van der Waals surface area contributed by atoms with Crippen molar-refractivity contribution in [1.82, 2.24) is 15.0 Å². The smallest absolute Gasteiger partial charge is 0.164 e. The van der Waals surface area contributed by atoms with E-state index >= 15 is 0 Å². The lowest BCUT2D eigenvalue weighted by atomic mass is 9.67. The van der Waals surface area contributed by atoms with Gasteiger partial charge in [-0.3, -0.25) is 0 Å². The van der Waals surface area contributed by atoms with Gasteiger partial charge in [0, 0.05) is 27.5 Å². The number of furan rings is 1. The van der Waals surface area contributed by atoms with E-state index in [1.807, 2.05) is 24.3 Å². The Bertz CT molecular complexity index is 3300. The van der Waals surface area contributed by atoms with E-state index in [-0.39, 0.29) is 0 Å². The molecule has 300 valence electrons. The summed E-state index contributed by atoms with van der Waals surface area (Å²) in [6, 6.07) is 64.2. The summed E-state index contributed by atoms with van der Waals surface area (Å²) in [6.07, 6.45) is 0. The second-order valence-corrected chi connectivity index (χ2v) is 29.0. The third kappa shape index (κ3) is 6.19. The maximum Gasteiger partial charge on any atom is 0.164 e. The summed E-state index contributed by atoms with van der Waals surface area (Å²) in [5.74, 6) is 1.88. The average molecular weight is 834 g/mol. The molecule has 0 N–H and O–H groups in total. The lowest BCUT2D eigenvalue weighted by molar-refractivity contribution is 0.669. The molecule has 11 rings (SSSR count). The van der Waals surface area contributed by atoms with Gasteiger partial charge >= 0.3 is 0 Å². The molecular weight excluding hydrogens is 787 g/mol. The molecule has 0 bridgehead atoms. The molecule has 0 saturated carbocycles. The summed E-state index contributed by atoms with van der Waals surface area (Å²) in [6.45, 7) is 14.5. The van der Waals surface area contributed by atoms with Gasteiger partial charge in [0.05, 0.1) is 21.6 Å². The highest BCUT2D eigenvalue weighted by Crippen LogP contribution is 2.56. The van der Waals surface area contributed by atoms with Crippen molar-refractivity contribution < 1.29 is 4.42 Å². The Balaban J connectivity index is 1.13. The van der Waals surface area contributed by atoms with Crippen LogP contribution in [-0.2, 0) is 5.41 Å². The van der Waals surface area contributed by atoms with Crippen LogP contribution in [0.4, 0.5) is 0 Å². The van der Waals surface area contributed by atoms with Crippen molar-refractivity contribution >= 4 is 59.2 Å². The summed E-state index contributed by atoms with van der Waals surface area (Å²) >= 11 is 0. The molecule has 0 atom stereocenters. The van der Waals surface area contributed by atoms with Crippen LogP contribution in [0.1, 0.15) is 22.3 Å². The van der Waals surface area contributed by atoms with Crippen LogP contribution in [0, 0.1) is 0 Å². The Kier molecular flexibility index (Phi) is 8.73. The number of rotatable bonds is 7. The van der Waals surface area contributed by atoms with Gasteiger partial charge in [-0.05, 0) is 80.6 Å². The summed E-state index contributed by atoms with van der Waals surface area (Å²) < 4.78 is 6.40. The molecule has 0 amide bonds. The van der Waals surface area contributed by atoms with Crippen molar-refractivity contribution in [1.29, 1.82) is 0 Å². The molecular formula is C56H47N3OSi2. The molecule has 4 nitrogen and oxygen atoms in total. The molecule has 0 unspecified atom stereocenters. The van der Waals surface area contributed by atoms with Crippen LogP contribution in [0.2, 0.25) is 39.3 Å². The summed E-state index contributed by atoms with van der Waals surface area (Å²) in [4.78, 5) is 15.7. The molecule has 0 saturated heterocycles. The fourth-order valence-electron chi connectivity index (χ4n) is 9.60. The van der Waals surface area contributed by atoms with Crippen molar-refractivity contribution in [3.8, 4) is 45.3 Å². The third-order valence-corrected chi connectivity index (χ3v) is 17.1. The van der Waals surface area contributed by atoms with Crippen LogP contribution in [0.15, 0.2) is 180 Å². The van der Waals surface area contributed by atoms with E-state index in [2.05, 4.69) is 191 Å². The second kappa shape index (κ2) is 14.2. The fourth-order valence-corrected chi connectivity index (χ4v) is 11.9. The zero-order chi connectivity index (χ0) is 42.4. The molecule has 0 radical (unpaired) electrons. The van der Waals surface area contributed by atoms with Crippen LogP contribution in [-0.4, -0.2) is 31.1 Å². The highest BCUT2D eigenvalue weighted by molar-refractivity contribution is 6.89. The van der Waals surface area contributed by atoms with Gasteiger partial charge in [0.25, 0.3) is 0 Å². The van der Waals surface area contributed by atoms with Crippen molar-refractivity contribution in [2.24, 2.45) is 0 Å². The fraction of sp³-hybridized carbons (Fsp3) is 0.125. The first-order valence-electron chi connectivity index (χ1n) is 21.6. The molecule has 0 spiro atoms. The number of aromatic nitrogens is 3. The molecule has 10 aromatic rings. The van der Waals surface area contributed by atoms with Crippen molar-refractivity contribution in [3.05, 3.63) is 198 Å². The monoisotopic (exact) mass is 833 g/mol. The molecule has 2 heterocycles. The van der Waals surface area contributed by atoms with E-state index in [9.17, 15) is 0 Å². The normalized spacial score (nSPS) is 13.5.